The highest BCUT2D eigenvalue weighted by Crippen LogP contribution is 2.31. The molecule has 0 unspecified atom stereocenters. The number of anilines is 1. The van der Waals surface area contributed by atoms with Crippen LogP contribution in [0.4, 0.5) is 11.4 Å². The molecule has 0 bridgehead atoms. The minimum absolute atomic E-state index is 0.0895. The van der Waals surface area contributed by atoms with Crippen LogP contribution in [0.2, 0.25) is 0 Å². The number of rotatable bonds is 5. The molecule has 140 valence electrons. The minimum Gasteiger partial charge on any atom is -0.452 e. The quantitative estimate of drug-likeness (QED) is 0.454. The van der Waals surface area contributed by atoms with Crippen molar-refractivity contribution >= 4 is 23.3 Å². The van der Waals surface area contributed by atoms with Gasteiger partial charge in [-0.25, -0.2) is 4.79 Å². The van der Waals surface area contributed by atoms with Gasteiger partial charge in [-0.1, -0.05) is 0 Å². The number of hydrogen-bond donors (Lipinski definition) is 0. The largest absolute Gasteiger partial charge is 0.452 e. The molecule has 0 saturated carbocycles. The van der Waals surface area contributed by atoms with Gasteiger partial charge in [0.25, 0.3) is 11.6 Å². The van der Waals surface area contributed by atoms with Gasteiger partial charge in [0.2, 0.25) is 0 Å². The van der Waals surface area contributed by atoms with Gasteiger partial charge in [-0.3, -0.25) is 14.9 Å². The van der Waals surface area contributed by atoms with Crippen molar-refractivity contribution < 1.29 is 19.2 Å². The maximum atomic E-state index is 12.2. The van der Waals surface area contributed by atoms with E-state index in [1.807, 2.05) is 4.90 Å². The number of carbonyl (C=O) groups is 2. The molecule has 2 fully saturated rings. The SMILES string of the molecule is O=C(OCC(=O)N1CCCC1)c1ccc(N2CCCCC2)c([N+](=O)[O-])c1. The summed E-state index contributed by atoms with van der Waals surface area (Å²) >= 11 is 0. The number of ether oxygens (including phenoxy) is 1. The number of piperidine rings is 1. The second-order valence-electron chi connectivity index (χ2n) is 6.67. The van der Waals surface area contributed by atoms with Crippen LogP contribution in [0, 0.1) is 10.1 Å². The molecular formula is C18H23N3O5. The first kappa shape index (κ1) is 18.2. The molecule has 1 amide bonds. The second kappa shape index (κ2) is 8.16. The Morgan fingerprint density at radius 3 is 2.35 bits per heavy atom. The van der Waals surface area contributed by atoms with Gasteiger partial charge in [-0.2, -0.15) is 0 Å². The van der Waals surface area contributed by atoms with E-state index < -0.39 is 10.9 Å². The lowest BCUT2D eigenvalue weighted by atomic mass is 10.1. The Balaban J connectivity index is 1.68. The number of nitrogens with zero attached hydrogens (tertiary/aromatic N) is 3. The molecule has 26 heavy (non-hydrogen) atoms. The number of likely N-dealkylation sites (tertiary alicyclic amines) is 1. The Morgan fingerprint density at radius 1 is 1.04 bits per heavy atom. The summed E-state index contributed by atoms with van der Waals surface area (Å²) in [6, 6.07) is 4.37. The van der Waals surface area contributed by atoms with Crippen LogP contribution in [0.15, 0.2) is 18.2 Å². The van der Waals surface area contributed by atoms with Crippen LogP contribution in [0.5, 0.6) is 0 Å². The van der Waals surface area contributed by atoms with Gasteiger partial charge in [0.05, 0.1) is 10.5 Å². The monoisotopic (exact) mass is 361 g/mol. The fourth-order valence-corrected chi connectivity index (χ4v) is 3.47. The number of benzene rings is 1. The van der Waals surface area contributed by atoms with Crippen LogP contribution < -0.4 is 4.90 Å². The molecule has 3 rings (SSSR count). The van der Waals surface area contributed by atoms with E-state index in [1.165, 1.54) is 12.1 Å². The van der Waals surface area contributed by atoms with E-state index in [4.69, 9.17) is 4.74 Å². The van der Waals surface area contributed by atoms with Crippen molar-refractivity contribution in [3.05, 3.63) is 33.9 Å². The van der Waals surface area contributed by atoms with E-state index in [0.29, 0.717) is 18.8 Å². The predicted molar refractivity (Wildman–Crippen MR) is 95.3 cm³/mol. The van der Waals surface area contributed by atoms with Gasteiger partial charge < -0.3 is 14.5 Å². The molecule has 0 atom stereocenters. The van der Waals surface area contributed by atoms with E-state index in [2.05, 4.69) is 0 Å². The summed E-state index contributed by atoms with van der Waals surface area (Å²) in [5, 5.41) is 11.4. The minimum atomic E-state index is -0.717. The smallest absolute Gasteiger partial charge is 0.338 e. The zero-order valence-electron chi connectivity index (χ0n) is 14.7. The Bertz CT molecular complexity index is 694. The van der Waals surface area contributed by atoms with Gasteiger partial charge in [0.15, 0.2) is 6.61 Å². The van der Waals surface area contributed by atoms with E-state index in [-0.39, 0.29) is 23.8 Å². The van der Waals surface area contributed by atoms with Crippen LogP contribution >= 0.6 is 0 Å². The van der Waals surface area contributed by atoms with E-state index in [0.717, 1.165) is 45.2 Å². The highest BCUT2D eigenvalue weighted by molar-refractivity contribution is 5.93. The van der Waals surface area contributed by atoms with Gasteiger partial charge in [0, 0.05) is 32.2 Å². The van der Waals surface area contributed by atoms with E-state index >= 15 is 0 Å². The molecule has 0 N–H and O–H groups in total. The van der Waals surface area contributed by atoms with Crippen molar-refractivity contribution in [2.45, 2.75) is 32.1 Å². The van der Waals surface area contributed by atoms with Crippen molar-refractivity contribution in [3.8, 4) is 0 Å². The third kappa shape index (κ3) is 4.12. The molecule has 2 aliphatic heterocycles. The lowest BCUT2D eigenvalue weighted by Crippen LogP contribution is -2.32. The van der Waals surface area contributed by atoms with Gasteiger partial charge >= 0.3 is 5.97 Å². The van der Waals surface area contributed by atoms with Crippen LogP contribution in [0.1, 0.15) is 42.5 Å². The molecule has 0 aromatic heterocycles. The first-order chi connectivity index (χ1) is 12.6. The molecular weight excluding hydrogens is 338 g/mol. The lowest BCUT2D eigenvalue weighted by Gasteiger charge is -2.28. The average Bonchev–Trinajstić information content (AvgIpc) is 3.21. The summed E-state index contributed by atoms with van der Waals surface area (Å²) in [5.74, 6) is -0.943. The fourth-order valence-electron chi connectivity index (χ4n) is 3.47. The Kier molecular flexibility index (Phi) is 5.70. The highest BCUT2D eigenvalue weighted by Gasteiger charge is 2.24. The lowest BCUT2D eigenvalue weighted by molar-refractivity contribution is -0.384. The molecule has 0 radical (unpaired) electrons. The van der Waals surface area contributed by atoms with E-state index in [9.17, 15) is 19.7 Å². The third-order valence-corrected chi connectivity index (χ3v) is 4.89. The first-order valence-corrected chi connectivity index (χ1v) is 9.04. The van der Waals surface area contributed by atoms with Crippen molar-refractivity contribution in [1.29, 1.82) is 0 Å². The van der Waals surface area contributed by atoms with Gasteiger partial charge in [-0.05, 0) is 44.2 Å². The van der Waals surface area contributed by atoms with Gasteiger partial charge in [0.1, 0.15) is 5.69 Å². The average molecular weight is 361 g/mol. The number of nitro groups is 1. The summed E-state index contributed by atoms with van der Waals surface area (Å²) in [6.07, 6.45) is 5.05. The number of nitro benzene ring substituents is 1. The molecule has 2 saturated heterocycles. The summed E-state index contributed by atoms with van der Waals surface area (Å²) in [6.45, 7) is 2.59. The zero-order valence-corrected chi connectivity index (χ0v) is 14.7. The Labute approximate surface area is 151 Å². The molecule has 2 aliphatic rings. The third-order valence-electron chi connectivity index (χ3n) is 4.89. The second-order valence-corrected chi connectivity index (χ2v) is 6.67. The first-order valence-electron chi connectivity index (χ1n) is 9.04. The van der Waals surface area contributed by atoms with Crippen molar-refractivity contribution in [2.24, 2.45) is 0 Å². The summed E-state index contributed by atoms with van der Waals surface area (Å²) in [4.78, 5) is 38.8. The van der Waals surface area contributed by atoms with Crippen molar-refractivity contribution in [1.82, 2.24) is 4.90 Å². The van der Waals surface area contributed by atoms with Crippen molar-refractivity contribution in [2.75, 3.05) is 37.7 Å². The normalized spacial score (nSPS) is 17.2. The number of amides is 1. The van der Waals surface area contributed by atoms with E-state index in [1.54, 1.807) is 11.0 Å². The van der Waals surface area contributed by atoms with Crippen LogP contribution in [0.25, 0.3) is 0 Å². The van der Waals surface area contributed by atoms with Crippen LogP contribution in [0.3, 0.4) is 0 Å². The number of carbonyl (C=O) groups excluding carboxylic acids is 2. The predicted octanol–water partition coefficient (Wildman–Crippen LogP) is 2.36. The standard InChI is InChI=1S/C18H23N3O5/c22-17(20-10-4-5-11-20)13-26-18(23)14-6-7-15(16(12-14)21(24)25)19-8-2-1-3-9-19/h6-7,12H,1-5,8-11,13H2. The topological polar surface area (TPSA) is 93.0 Å². The molecule has 2 heterocycles. The molecule has 8 nitrogen and oxygen atoms in total. The summed E-state index contributed by atoms with van der Waals surface area (Å²) < 4.78 is 5.06. The fraction of sp³-hybridized carbons (Fsp3) is 0.556. The maximum Gasteiger partial charge on any atom is 0.338 e. The van der Waals surface area contributed by atoms with Crippen molar-refractivity contribution in [3.63, 3.8) is 0 Å². The van der Waals surface area contributed by atoms with Crippen LogP contribution in [-0.2, 0) is 9.53 Å². The number of esters is 1. The van der Waals surface area contributed by atoms with Gasteiger partial charge in [-0.15, -0.1) is 0 Å². The summed E-state index contributed by atoms with van der Waals surface area (Å²) in [7, 11) is 0. The molecule has 1 aromatic rings. The zero-order chi connectivity index (χ0) is 18.5. The Hall–Kier alpha value is -2.64. The molecule has 8 heteroatoms. The Morgan fingerprint density at radius 2 is 1.69 bits per heavy atom. The highest BCUT2D eigenvalue weighted by atomic mass is 16.6. The molecule has 1 aromatic carbocycles. The number of hydrogen-bond acceptors (Lipinski definition) is 6. The maximum absolute atomic E-state index is 12.2. The molecule has 0 aliphatic carbocycles. The summed E-state index contributed by atoms with van der Waals surface area (Å²) in [5.41, 5.74) is 0.512. The molecule has 0 spiro atoms. The van der Waals surface area contributed by atoms with Crippen LogP contribution in [-0.4, -0.2) is 54.5 Å².